The molecule has 1 saturated carbocycles. The van der Waals surface area contributed by atoms with E-state index >= 15 is 0 Å². The fourth-order valence-corrected chi connectivity index (χ4v) is 1.96. The molecule has 1 aliphatic carbocycles. The summed E-state index contributed by atoms with van der Waals surface area (Å²) in [5.41, 5.74) is 5.84. The number of amides is 1. The van der Waals surface area contributed by atoms with Gasteiger partial charge in [-0.15, -0.1) is 0 Å². The van der Waals surface area contributed by atoms with E-state index in [4.69, 9.17) is 5.73 Å². The Morgan fingerprint density at radius 2 is 1.93 bits per heavy atom. The minimum atomic E-state index is 0.177. The molecule has 2 N–H and O–H groups in total. The first kappa shape index (κ1) is 11.5. The van der Waals surface area contributed by atoms with Crippen LogP contribution in [0.2, 0.25) is 0 Å². The number of carbonyl (C=O) groups is 1. The van der Waals surface area contributed by atoms with Gasteiger partial charge in [-0.25, -0.2) is 0 Å². The van der Waals surface area contributed by atoms with Crippen molar-refractivity contribution < 1.29 is 4.79 Å². The van der Waals surface area contributed by atoms with Crippen LogP contribution in [0.5, 0.6) is 0 Å². The van der Waals surface area contributed by atoms with Crippen LogP contribution in [0.25, 0.3) is 0 Å². The summed E-state index contributed by atoms with van der Waals surface area (Å²) in [4.78, 5) is 13.7. The van der Waals surface area contributed by atoms with Gasteiger partial charge in [0.05, 0.1) is 0 Å². The Labute approximate surface area is 86.6 Å². The molecule has 1 amide bonds. The normalized spacial score (nSPS) is 26.9. The molecule has 0 atom stereocenters. The highest BCUT2D eigenvalue weighted by molar-refractivity contribution is 5.79. The van der Waals surface area contributed by atoms with Crippen molar-refractivity contribution in [1.29, 1.82) is 0 Å². The summed E-state index contributed by atoms with van der Waals surface area (Å²) in [6.45, 7) is 7.24. The Balaban J connectivity index is 2.38. The van der Waals surface area contributed by atoms with Crippen molar-refractivity contribution in [2.45, 2.75) is 39.7 Å². The van der Waals surface area contributed by atoms with Crippen molar-refractivity contribution in [1.82, 2.24) is 4.90 Å². The lowest BCUT2D eigenvalue weighted by molar-refractivity contribution is -0.138. The van der Waals surface area contributed by atoms with Crippen LogP contribution in [0, 0.1) is 11.3 Å². The van der Waals surface area contributed by atoms with E-state index in [2.05, 4.69) is 20.8 Å². The van der Waals surface area contributed by atoms with Gasteiger partial charge < -0.3 is 10.6 Å². The average molecular weight is 198 g/mol. The quantitative estimate of drug-likeness (QED) is 0.725. The Bertz CT molecular complexity index is 214. The number of nitrogens with zero attached hydrogens (tertiary/aromatic N) is 1. The number of hydrogen-bond donors (Lipinski definition) is 1. The SMILES string of the molecule is CN(CC(C)(C)C)C(=O)C1CC(N)C1. The molecule has 0 radical (unpaired) electrons. The Kier molecular flexibility index (Phi) is 3.20. The predicted molar refractivity (Wildman–Crippen MR) is 57.8 cm³/mol. The standard InChI is InChI=1S/C11H22N2O/c1-11(2,3)7-13(4)10(14)8-5-9(12)6-8/h8-9H,5-7,12H2,1-4H3. The molecule has 0 aliphatic heterocycles. The minimum absolute atomic E-state index is 0.177. The highest BCUT2D eigenvalue weighted by atomic mass is 16.2. The third-order valence-corrected chi connectivity index (χ3v) is 2.61. The van der Waals surface area contributed by atoms with Crippen LogP contribution in [0.3, 0.4) is 0 Å². The summed E-state index contributed by atoms with van der Waals surface area (Å²) in [6.07, 6.45) is 1.74. The Morgan fingerprint density at radius 1 is 1.43 bits per heavy atom. The van der Waals surface area contributed by atoms with Crippen molar-refractivity contribution in [2.75, 3.05) is 13.6 Å². The summed E-state index contributed by atoms with van der Waals surface area (Å²) >= 11 is 0. The monoisotopic (exact) mass is 198 g/mol. The van der Waals surface area contributed by atoms with E-state index < -0.39 is 0 Å². The van der Waals surface area contributed by atoms with Crippen molar-refractivity contribution in [3.8, 4) is 0 Å². The van der Waals surface area contributed by atoms with E-state index in [0.717, 1.165) is 19.4 Å². The van der Waals surface area contributed by atoms with Gasteiger partial charge in [-0.2, -0.15) is 0 Å². The molecule has 0 bridgehead atoms. The first-order valence-electron chi connectivity index (χ1n) is 5.30. The van der Waals surface area contributed by atoms with Gasteiger partial charge in [-0.3, -0.25) is 4.79 Å². The number of nitrogens with two attached hydrogens (primary N) is 1. The molecule has 0 unspecified atom stereocenters. The molecular formula is C11H22N2O. The van der Waals surface area contributed by atoms with Gasteiger partial charge in [0.15, 0.2) is 0 Å². The van der Waals surface area contributed by atoms with E-state index in [9.17, 15) is 4.79 Å². The van der Waals surface area contributed by atoms with Crippen LogP contribution in [0.15, 0.2) is 0 Å². The van der Waals surface area contributed by atoms with E-state index in [1.54, 1.807) is 0 Å². The molecule has 0 aromatic rings. The average Bonchev–Trinajstić information content (AvgIpc) is 1.94. The van der Waals surface area contributed by atoms with Crippen molar-refractivity contribution in [2.24, 2.45) is 17.1 Å². The topological polar surface area (TPSA) is 46.3 Å². The highest BCUT2D eigenvalue weighted by Gasteiger charge is 2.34. The van der Waals surface area contributed by atoms with Crippen LogP contribution in [-0.4, -0.2) is 30.4 Å². The van der Waals surface area contributed by atoms with E-state index in [1.165, 1.54) is 0 Å². The lowest BCUT2D eigenvalue weighted by Crippen LogP contribution is -2.47. The summed E-state index contributed by atoms with van der Waals surface area (Å²) in [5, 5.41) is 0. The number of hydrogen-bond acceptors (Lipinski definition) is 2. The van der Waals surface area contributed by atoms with Gasteiger partial charge in [0.25, 0.3) is 0 Å². The van der Waals surface area contributed by atoms with Crippen LogP contribution in [0.4, 0.5) is 0 Å². The van der Waals surface area contributed by atoms with E-state index in [1.807, 2.05) is 11.9 Å². The fraction of sp³-hybridized carbons (Fsp3) is 0.909. The molecular weight excluding hydrogens is 176 g/mol. The van der Waals surface area contributed by atoms with Gasteiger partial charge in [-0.05, 0) is 18.3 Å². The second-order valence-corrected chi connectivity index (χ2v) is 5.68. The number of rotatable bonds is 2. The molecule has 1 aliphatic rings. The summed E-state index contributed by atoms with van der Waals surface area (Å²) < 4.78 is 0. The molecule has 82 valence electrons. The molecule has 0 heterocycles. The lowest BCUT2D eigenvalue weighted by atomic mass is 9.79. The maximum Gasteiger partial charge on any atom is 0.225 e. The molecule has 1 rings (SSSR count). The molecule has 3 heteroatoms. The van der Waals surface area contributed by atoms with E-state index in [0.29, 0.717) is 0 Å². The zero-order valence-corrected chi connectivity index (χ0v) is 9.71. The van der Waals surface area contributed by atoms with Crippen LogP contribution in [-0.2, 0) is 4.79 Å². The third-order valence-electron chi connectivity index (χ3n) is 2.61. The molecule has 3 nitrogen and oxygen atoms in total. The summed E-state index contributed by atoms with van der Waals surface area (Å²) in [6, 6.07) is 0.256. The smallest absolute Gasteiger partial charge is 0.225 e. The lowest BCUT2D eigenvalue weighted by Gasteiger charge is -2.36. The largest absolute Gasteiger partial charge is 0.345 e. The van der Waals surface area contributed by atoms with Crippen molar-refractivity contribution >= 4 is 5.91 Å². The first-order chi connectivity index (χ1) is 6.29. The third kappa shape index (κ3) is 2.98. The Morgan fingerprint density at radius 3 is 2.29 bits per heavy atom. The van der Waals surface area contributed by atoms with Crippen molar-refractivity contribution in [3.63, 3.8) is 0 Å². The molecule has 1 fully saturated rings. The zero-order chi connectivity index (χ0) is 10.9. The molecule has 0 spiro atoms. The summed E-state index contributed by atoms with van der Waals surface area (Å²) in [5.74, 6) is 0.457. The molecule has 0 aromatic heterocycles. The van der Waals surface area contributed by atoms with Gasteiger partial charge in [-0.1, -0.05) is 20.8 Å². The highest BCUT2D eigenvalue weighted by Crippen LogP contribution is 2.28. The van der Waals surface area contributed by atoms with Gasteiger partial charge in [0.1, 0.15) is 0 Å². The second kappa shape index (κ2) is 3.89. The van der Waals surface area contributed by atoms with Gasteiger partial charge >= 0.3 is 0 Å². The van der Waals surface area contributed by atoms with Crippen LogP contribution < -0.4 is 5.73 Å². The fourth-order valence-electron chi connectivity index (χ4n) is 1.96. The van der Waals surface area contributed by atoms with E-state index in [-0.39, 0.29) is 23.3 Å². The zero-order valence-electron chi connectivity index (χ0n) is 9.71. The molecule has 14 heavy (non-hydrogen) atoms. The molecule has 0 saturated heterocycles. The van der Waals surface area contributed by atoms with Crippen molar-refractivity contribution in [3.05, 3.63) is 0 Å². The molecule has 0 aromatic carbocycles. The first-order valence-corrected chi connectivity index (χ1v) is 5.30. The van der Waals surface area contributed by atoms with Gasteiger partial charge in [0.2, 0.25) is 5.91 Å². The predicted octanol–water partition coefficient (Wildman–Crippen LogP) is 1.23. The minimum Gasteiger partial charge on any atom is -0.345 e. The Hall–Kier alpha value is -0.570. The maximum absolute atomic E-state index is 11.8. The summed E-state index contributed by atoms with van der Waals surface area (Å²) in [7, 11) is 1.89. The van der Waals surface area contributed by atoms with Crippen LogP contribution >= 0.6 is 0 Å². The van der Waals surface area contributed by atoms with Crippen LogP contribution in [0.1, 0.15) is 33.6 Å². The van der Waals surface area contributed by atoms with Gasteiger partial charge in [0, 0.05) is 25.6 Å². The maximum atomic E-state index is 11.8. The number of carbonyl (C=O) groups excluding carboxylic acids is 1. The second-order valence-electron chi connectivity index (χ2n) is 5.68.